The molecule has 0 saturated heterocycles. The van der Waals surface area contributed by atoms with Crippen LogP contribution in [-0.4, -0.2) is 50.5 Å². The van der Waals surface area contributed by atoms with Gasteiger partial charge in [-0.2, -0.15) is 0 Å². The van der Waals surface area contributed by atoms with Crippen molar-refractivity contribution in [2.75, 3.05) is 6.54 Å². The van der Waals surface area contributed by atoms with Crippen LogP contribution in [0.25, 0.3) is 21.8 Å². The first-order valence-corrected chi connectivity index (χ1v) is 13.7. The van der Waals surface area contributed by atoms with E-state index in [2.05, 4.69) is 16.0 Å². The quantitative estimate of drug-likeness (QED) is 0.231. The molecule has 1 atom stereocenters. The van der Waals surface area contributed by atoms with E-state index >= 15 is 0 Å². The van der Waals surface area contributed by atoms with E-state index in [1.54, 1.807) is 0 Å². The van der Waals surface area contributed by atoms with E-state index in [1.165, 1.54) is 15.4 Å². The molecular formula is C32H28N4O5. The normalized spacial score (nSPS) is 16.3. The minimum atomic E-state index is -0.938. The predicted molar refractivity (Wildman–Crippen MR) is 152 cm³/mol. The van der Waals surface area contributed by atoms with E-state index in [-0.39, 0.29) is 19.6 Å². The van der Waals surface area contributed by atoms with Crippen molar-refractivity contribution in [1.82, 2.24) is 19.8 Å². The Kier molecular flexibility index (Phi) is 6.19. The first kappa shape index (κ1) is 25.0. The van der Waals surface area contributed by atoms with Gasteiger partial charge in [0.15, 0.2) is 0 Å². The molecular weight excluding hydrogens is 520 g/mol. The number of carbonyl (C=O) groups is 3. The molecule has 9 nitrogen and oxygen atoms in total. The number of esters is 1. The Morgan fingerprint density at radius 2 is 1.39 bits per heavy atom. The molecule has 0 radical (unpaired) electrons. The van der Waals surface area contributed by atoms with E-state index in [9.17, 15) is 14.4 Å². The van der Waals surface area contributed by atoms with Crippen LogP contribution in [0.4, 0.5) is 9.59 Å². The van der Waals surface area contributed by atoms with Crippen molar-refractivity contribution >= 4 is 40.0 Å². The number of amides is 2. The maximum Gasteiger partial charge on any atom is 0.419 e. The average molecular weight is 549 g/mol. The Balaban J connectivity index is 1.11. The van der Waals surface area contributed by atoms with Crippen LogP contribution in [0, 0.1) is 0 Å². The molecule has 0 aliphatic carbocycles. The standard InChI is InChI=1S/C32H28N4O5/c37-30(40-19-20-8-2-1-3-9-20)29-16-24-22-11-5-7-13-26(22)34-28(24)18-36(29)32(39)41-31(38)35-15-14-23-21-10-4-6-12-25(21)33-27(23)17-35/h1-13,29,33-34H,14-19H2. The van der Waals surface area contributed by atoms with Crippen LogP contribution >= 0.6 is 0 Å². The van der Waals surface area contributed by atoms with E-state index in [0.29, 0.717) is 19.5 Å². The SMILES string of the molecule is O=C(OCc1ccccc1)C1Cc2c([nH]c3ccccc23)CN1C(=O)OC(=O)N1CCc2c([nH]c3ccccc23)C1. The van der Waals surface area contributed by atoms with E-state index in [1.807, 2.05) is 72.8 Å². The van der Waals surface area contributed by atoms with Crippen LogP contribution < -0.4 is 0 Å². The summed E-state index contributed by atoms with van der Waals surface area (Å²) in [5.74, 6) is -0.546. The number of nitrogens with one attached hydrogen (secondary N) is 2. The topological polar surface area (TPSA) is 108 Å². The van der Waals surface area contributed by atoms with Crippen molar-refractivity contribution in [2.45, 2.75) is 38.6 Å². The molecule has 9 heteroatoms. The van der Waals surface area contributed by atoms with Crippen LogP contribution in [0.5, 0.6) is 0 Å². The number of benzene rings is 3. The second-order valence-electron chi connectivity index (χ2n) is 10.5. The molecule has 2 aliphatic heterocycles. The number of aromatic nitrogens is 2. The number of carbonyl (C=O) groups excluding carboxylic acids is 3. The molecule has 2 N–H and O–H groups in total. The Labute approximate surface area is 235 Å². The Morgan fingerprint density at radius 1 is 0.756 bits per heavy atom. The Hall–Kier alpha value is -5.05. The van der Waals surface area contributed by atoms with Crippen molar-refractivity contribution in [3.63, 3.8) is 0 Å². The van der Waals surface area contributed by atoms with Gasteiger partial charge in [0.2, 0.25) is 0 Å². The summed E-state index contributed by atoms with van der Waals surface area (Å²) in [7, 11) is 0. The highest BCUT2D eigenvalue weighted by atomic mass is 16.6. The van der Waals surface area contributed by atoms with Gasteiger partial charge in [0.25, 0.3) is 0 Å². The number of ether oxygens (including phenoxy) is 2. The number of rotatable bonds is 3. The summed E-state index contributed by atoms with van der Waals surface area (Å²) in [5, 5.41) is 2.14. The van der Waals surface area contributed by atoms with Crippen molar-refractivity contribution in [3.05, 3.63) is 107 Å². The molecule has 206 valence electrons. The minimum absolute atomic E-state index is 0.0827. The molecule has 2 aromatic heterocycles. The monoisotopic (exact) mass is 548 g/mol. The number of hydrogen-bond donors (Lipinski definition) is 2. The third-order valence-corrected chi connectivity index (χ3v) is 8.05. The van der Waals surface area contributed by atoms with Crippen molar-refractivity contribution in [2.24, 2.45) is 0 Å². The second-order valence-corrected chi connectivity index (χ2v) is 10.5. The van der Waals surface area contributed by atoms with Gasteiger partial charge in [0.1, 0.15) is 12.6 Å². The van der Waals surface area contributed by atoms with E-state index < -0.39 is 24.2 Å². The second kappa shape index (κ2) is 10.2. The number of hydrogen-bond acceptors (Lipinski definition) is 5. The highest BCUT2D eigenvalue weighted by Gasteiger charge is 2.40. The van der Waals surface area contributed by atoms with Crippen LogP contribution in [0.15, 0.2) is 78.9 Å². The first-order valence-electron chi connectivity index (χ1n) is 13.7. The lowest BCUT2D eigenvalue weighted by Crippen LogP contribution is -2.50. The minimum Gasteiger partial charge on any atom is -0.459 e. The molecule has 3 aromatic carbocycles. The fourth-order valence-electron chi connectivity index (χ4n) is 5.98. The molecule has 7 rings (SSSR count). The van der Waals surface area contributed by atoms with Gasteiger partial charge in [-0.05, 0) is 35.2 Å². The number of fused-ring (bicyclic) bond motifs is 6. The number of aromatic amines is 2. The van der Waals surface area contributed by atoms with Gasteiger partial charge in [-0.15, -0.1) is 0 Å². The largest absolute Gasteiger partial charge is 0.459 e. The molecule has 1 unspecified atom stereocenters. The van der Waals surface area contributed by atoms with Crippen molar-refractivity contribution < 1.29 is 23.9 Å². The molecule has 4 heterocycles. The van der Waals surface area contributed by atoms with Crippen molar-refractivity contribution in [3.8, 4) is 0 Å². The highest BCUT2D eigenvalue weighted by molar-refractivity contribution is 5.91. The zero-order valence-electron chi connectivity index (χ0n) is 22.3. The Morgan fingerprint density at radius 3 is 2.12 bits per heavy atom. The molecule has 41 heavy (non-hydrogen) atoms. The van der Waals surface area contributed by atoms with Gasteiger partial charge in [0.05, 0.1) is 13.1 Å². The summed E-state index contributed by atoms with van der Waals surface area (Å²) in [5.41, 5.74) is 6.66. The summed E-state index contributed by atoms with van der Waals surface area (Å²) in [4.78, 5) is 49.6. The molecule has 2 amide bonds. The van der Waals surface area contributed by atoms with Gasteiger partial charge in [-0.3, -0.25) is 4.90 Å². The lowest BCUT2D eigenvalue weighted by Gasteiger charge is -2.34. The van der Waals surface area contributed by atoms with Crippen LogP contribution in [0.1, 0.15) is 28.1 Å². The van der Waals surface area contributed by atoms with Crippen LogP contribution in [0.3, 0.4) is 0 Å². The lowest BCUT2D eigenvalue weighted by molar-refractivity contribution is -0.151. The summed E-state index contributed by atoms with van der Waals surface area (Å²) < 4.78 is 11.0. The smallest absolute Gasteiger partial charge is 0.419 e. The molecule has 2 aliphatic rings. The van der Waals surface area contributed by atoms with Gasteiger partial charge in [0, 0.05) is 46.2 Å². The predicted octanol–water partition coefficient (Wildman–Crippen LogP) is 5.43. The summed E-state index contributed by atoms with van der Waals surface area (Å²) >= 11 is 0. The van der Waals surface area contributed by atoms with Gasteiger partial charge < -0.3 is 24.3 Å². The fourth-order valence-corrected chi connectivity index (χ4v) is 5.98. The van der Waals surface area contributed by atoms with Gasteiger partial charge in [-0.1, -0.05) is 66.7 Å². The average Bonchev–Trinajstić information content (AvgIpc) is 3.57. The van der Waals surface area contributed by atoms with Crippen LogP contribution in [0.2, 0.25) is 0 Å². The first-order chi connectivity index (χ1) is 20.0. The zero-order chi connectivity index (χ0) is 27.9. The summed E-state index contributed by atoms with van der Waals surface area (Å²) in [6.45, 7) is 0.910. The maximum absolute atomic E-state index is 13.5. The maximum atomic E-state index is 13.5. The number of nitrogens with zero attached hydrogens (tertiary/aromatic N) is 2. The molecule has 0 saturated carbocycles. The molecule has 0 bridgehead atoms. The summed E-state index contributed by atoms with van der Waals surface area (Å²) in [6.07, 6.45) is -0.709. The number of para-hydroxylation sites is 2. The van der Waals surface area contributed by atoms with E-state index in [4.69, 9.17) is 9.47 Å². The summed E-state index contributed by atoms with van der Waals surface area (Å²) in [6, 6.07) is 24.3. The third-order valence-electron chi connectivity index (χ3n) is 8.05. The van der Waals surface area contributed by atoms with Crippen LogP contribution in [-0.2, 0) is 46.8 Å². The van der Waals surface area contributed by atoms with E-state index in [0.717, 1.165) is 44.3 Å². The highest BCUT2D eigenvalue weighted by Crippen LogP contribution is 2.32. The molecule has 0 spiro atoms. The van der Waals surface area contributed by atoms with Gasteiger partial charge >= 0.3 is 18.2 Å². The fraction of sp³-hybridized carbons (Fsp3) is 0.219. The number of H-pyrrole nitrogens is 2. The lowest BCUT2D eigenvalue weighted by atomic mass is 9.97. The third kappa shape index (κ3) is 4.59. The van der Waals surface area contributed by atoms with Gasteiger partial charge in [-0.25, -0.2) is 14.4 Å². The molecule has 5 aromatic rings. The zero-order valence-corrected chi connectivity index (χ0v) is 22.3. The molecule has 0 fully saturated rings. The van der Waals surface area contributed by atoms with Crippen molar-refractivity contribution in [1.29, 1.82) is 0 Å². The Bertz CT molecular complexity index is 1790.